The second kappa shape index (κ2) is 7.22. The quantitative estimate of drug-likeness (QED) is 0.784. The van der Waals surface area contributed by atoms with Crippen LogP contribution < -0.4 is 5.73 Å². The van der Waals surface area contributed by atoms with E-state index in [-0.39, 0.29) is 24.4 Å². The van der Waals surface area contributed by atoms with E-state index < -0.39 is 12.8 Å². The zero-order chi connectivity index (χ0) is 16.1. The number of rotatable bonds is 7. The second-order valence-corrected chi connectivity index (χ2v) is 6.16. The molecular formula is C13H22F3N3O2. The normalized spacial score (nSPS) is 14.4. The third-order valence-corrected chi connectivity index (χ3v) is 2.71. The fraction of sp³-hybridized carbons (Fsp3) is 0.846. The van der Waals surface area contributed by atoms with Crippen molar-refractivity contribution < 1.29 is 22.4 Å². The van der Waals surface area contributed by atoms with Crippen LogP contribution in [0.15, 0.2) is 4.52 Å². The number of halogens is 3. The van der Waals surface area contributed by atoms with Gasteiger partial charge in [0, 0.05) is 13.0 Å². The minimum absolute atomic E-state index is 0.0534. The average Bonchev–Trinajstić information content (AvgIpc) is 2.78. The van der Waals surface area contributed by atoms with Crippen molar-refractivity contribution in [2.45, 2.75) is 45.7 Å². The summed E-state index contributed by atoms with van der Waals surface area (Å²) in [5.41, 5.74) is 5.78. The molecule has 1 atom stereocenters. The Hall–Kier alpha value is -1.15. The molecule has 1 heterocycles. The monoisotopic (exact) mass is 309 g/mol. The van der Waals surface area contributed by atoms with Crippen molar-refractivity contribution in [3.8, 4) is 0 Å². The van der Waals surface area contributed by atoms with Crippen LogP contribution in [-0.2, 0) is 11.2 Å². The van der Waals surface area contributed by atoms with Crippen LogP contribution in [0.3, 0.4) is 0 Å². The van der Waals surface area contributed by atoms with Crippen LogP contribution in [0.4, 0.5) is 13.2 Å². The first-order valence-electron chi connectivity index (χ1n) is 6.78. The van der Waals surface area contributed by atoms with Gasteiger partial charge in [-0.15, -0.1) is 0 Å². The molecule has 5 nitrogen and oxygen atoms in total. The summed E-state index contributed by atoms with van der Waals surface area (Å²) >= 11 is 0. The first-order valence-corrected chi connectivity index (χ1v) is 6.78. The Morgan fingerprint density at radius 1 is 1.29 bits per heavy atom. The molecule has 1 rings (SSSR count). The van der Waals surface area contributed by atoms with E-state index >= 15 is 0 Å². The molecule has 0 fully saturated rings. The molecule has 0 spiro atoms. The maximum absolute atomic E-state index is 11.9. The third kappa shape index (κ3) is 7.42. The smallest absolute Gasteiger partial charge is 0.372 e. The van der Waals surface area contributed by atoms with E-state index in [0.717, 1.165) is 6.42 Å². The fourth-order valence-electron chi connectivity index (χ4n) is 1.90. The topological polar surface area (TPSA) is 74.2 Å². The molecule has 0 aromatic carbocycles. The van der Waals surface area contributed by atoms with Crippen LogP contribution in [0.2, 0.25) is 0 Å². The Morgan fingerprint density at radius 3 is 2.48 bits per heavy atom. The summed E-state index contributed by atoms with van der Waals surface area (Å²) in [6.45, 7) is 5.25. The number of hydrogen-bond donors (Lipinski definition) is 1. The van der Waals surface area contributed by atoms with E-state index in [1.54, 1.807) is 0 Å². The van der Waals surface area contributed by atoms with Gasteiger partial charge < -0.3 is 15.0 Å². The van der Waals surface area contributed by atoms with Crippen molar-refractivity contribution in [2.75, 3.05) is 19.8 Å². The van der Waals surface area contributed by atoms with Gasteiger partial charge in [-0.25, -0.2) is 0 Å². The standard InChI is InChI=1S/C13H22F3N3O2/c1-12(2,3)6-9(7-17)11-18-10(19-21-11)4-5-20-8-13(14,15)16/h9H,4-8,17H2,1-3H3. The van der Waals surface area contributed by atoms with Gasteiger partial charge >= 0.3 is 6.18 Å². The molecule has 1 aromatic rings. The second-order valence-electron chi connectivity index (χ2n) is 6.16. The molecule has 21 heavy (non-hydrogen) atoms. The van der Waals surface area contributed by atoms with E-state index in [4.69, 9.17) is 10.3 Å². The Morgan fingerprint density at radius 2 is 1.95 bits per heavy atom. The molecule has 0 aliphatic rings. The zero-order valence-corrected chi connectivity index (χ0v) is 12.5. The number of alkyl halides is 3. The molecule has 0 aliphatic heterocycles. The molecule has 2 N–H and O–H groups in total. The highest BCUT2D eigenvalue weighted by atomic mass is 19.4. The molecule has 0 radical (unpaired) electrons. The Bertz CT molecular complexity index is 427. The SMILES string of the molecule is CC(C)(C)CC(CN)c1nc(CCOCC(F)(F)F)no1. The molecule has 0 amide bonds. The lowest BCUT2D eigenvalue weighted by atomic mass is 9.84. The van der Waals surface area contributed by atoms with E-state index in [2.05, 4.69) is 35.6 Å². The molecule has 0 saturated carbocycles. The minimum Gasteiger partial charge on any atom is -0.372 e. The molecular weight excluding hydrogens is 287 g/mol. The van der Waals surface area contributed by atoms with Gasteiger partial charge in [0.2, 0.25) is 5.89 Å². The number of ether oxygens (including phenoxy) is 1. The van der Waals surface area contributed by atoms with Gasteiger partial charge in [0.05, 0.1) is 12.5 Å². The predicted molar refractivity (Wildman–Crippen MR) is 70.7 cm³/mol. The number of nitrogens with zero attached hydrogens (tertiary/aromatic N) is 2. The Balaban J connectivity index is 2.48. The van der Waals surface area contributed by atoms with Gasteiger partial charge in [0.15, 0.2) is 5.82 Å². The van der Waals surface area contributed by atoms with Gasteiger partial charge in [-0.2, -0.15) is 18.2 Å². The highest BCUT2D eigenvalue weighted by Crippen LogP contribution is 2.29. The average molecular weight is 309 g/mol. The zero-order valence-electron chi connectivity index (χ0n) is 12.5. The highest BCUT2D eigenvalue weighted by molar-refractivity contribution is 4.96. The molecule has 0 bridgehead atoms. The lowest BCUT2D eigenvalue weighted by Crippen LogP contribution is -2.20. The van der Waals surface area contributed by atoms with Crippen LogP contribution in [0, 0.1) is 5.41 Å². The molecule has 8 heteroatoms. The van der Waals surface area contributed by atoms with Gasteiger partial charge in [-0.05, 0) is 11.8 Å². The Kier molecular flexibility index (Phi) is 6.15. The molecule has 0 aliphatic carbocycles. The summed E-state index contributed by atoms with van der Waals surface area (Å²) in [5, 5.41) is 3.75. The van der Waals surface area contributed by atoms with Gasteiger partial charge in [0.1, 0.15) is 6.61 Å². The fourth-order valence-corrected chi connectivity index (χ4v) is 1.90. The number of nitrogens with two attached hydrogens (primary N) is 1. The highest BCUT2D eigenvalue weighted by Gasteiger charge is 2.27. The van der Waals surface area contributed by atoms with Crippen molar-refractivity contribution in [3.05, 3.63) is 11.7 Å². The maximum atomic E-state index is 11.9. The molecule has 1 aromatic heterocycles. The number of aromatic nitrogens is 2. The summed E-state index contributed by atoms with van der Waals surface area (Å²) in [6.07, 6.45) is -3.36. The minimum atomic E-state index is -4.32. The van der Waals surface area contributed by atoms with Crippen LogP contribution >= 0.6 is 0 Å². The van der Waals surface area contributed by atoms with Crippen LogP contribution in [0.25, 0.3) is 0 Å². The predicted octanol–water partition coefficient (Wildman–Crippen LogP) is 2.67. The van der Waals surface area contributed by atoms with Crippen molar-refractivity contribution in [1.29, 1.82) is 0 Å². The summed E-state index contributed by atoms with van der Waals surface area (Å²) in [4.78, 5) is 4.18. The molecule has 122 valence electrons. The summed E-state index contributed by atoms with van der Waals surface area (Å²) < 4.78 is 45.4. The molecule has 0 saturated heterocycles. The summed E-state index contributed by atoms with van der Waals surface area (Å²) in [6, 6.07) is 0. The van der Waals surface area contributed by atoms with Crippen molar-refractivity contribution in [3.63, 3.8) is 0 Å². The Labute approximate surface area is 122 Å². The first kappa shape index (κ1) is 17.9. The summed E-state index contributed by atoms with van der Waals surface area (Å²) in [5.74, 6) is 0.708. The van der Waals surface area contributed by atoms with E-state index in [1.165, 1.54) is 0 Å². The van der Waals surface area contributed by atoms with Crippen LogP contribution in [0.1, 0.15) is 44.8 Å². The summed E-state index contributed by atoms with van der Waals surface area (Å²) in [7, 11) is 0. The van der Waals surface area contributed by atoms with E-state index in [0.29, 0.717) is 18.3 Å². The van der Waals surface area contributed by atoms with Gasteiger partial charge in [-0.3, -0.25) is 0 Å². The largest absolute Gasteiger partial charge is 0.411 e. The van der Waals surface area contributed by atoms with Crippen molar-refractivity contribution in [1.82, 2.24) is 10.1 Å². The molecule has 1 unspecified atom stereocenters. The maximum Gasteiger partial charge on any atom is 0.411 e. The van der Waals surface area contributed by atoms with Gasteiger partial charge in [-0.1, -0.05) is 25.9 Å². The van der Waals surface area contributed by atoms with Gasteiger partial charge in [0.25, 0.3) is 0 Å². The lowest BCUT2D eigenvalue weighted by molar-refractivity contribution is -0.173. The van der Waals surface area contributed by atoms with E-state index in [1.807, 2.05) is 0 Å². The van der Waals surface area contributed by atoms with Crippen molar-refractivity contribution in [2.24, 2.45) is 11.1 Å². The lowest BCUT2D eigenvalue weighted by Gasteiger charge is -2.22. The first-order chi connectivity index (χ1) is 9.61. The number of hydrogen-bond acceptors (Lipinski definition) is 5. The third-order valence-electron chi connectivity index (χ3n) is 2.71. The van der Waals surface area contributed by atoms with Crippen LogP contribution in [-0.4, -0.2) is 36.1 Å². The van der Waals surface area contributed by atoms with Crippen LogP contribution in [0.5, 0.6) is 0 Å². The van der Waals surface area contributed by atoms with E-state index in [9.17, 15) is 13.2 Å². The van der Waals surface area contributed by atoms with Crippen molar-refractivity contribution >= 4 is 0 Å².